The monoisotopic (exact) mass is 152 g/mol. The van der Waals surface area contributed by atoms with Gasteiger partial charge in [-0.05, 0) is 13.0 Å². The predicted molar refractivity (Wildman–Crippen MR) is 39.6 cm³/mol. The number of Topliss-reactive ketones (excluding diaryl/α,β-unsaturated/α-hetero) is 1. The van der Waals surface area contributed by atoms with Crippen LogP contribution in [0.25, 0.3) is 0 Å². The summed E-state index contributed by atoms with van der Waals surface area (Å²) in [6.07, 6.45) is 1.63. The Bertz CT molecular complexity index is 253. The Balaban J connectivity index is 2.91. The third kappa shape index (κ3) is 1.77. The van der Waals surface area contributed by atoms with Crippen LogP contribution in [0.4, 0.5) is 0 Å². The van der Waals surface area contributed by atoms with Gasteiger partial charge in [-0.15, -0.1) is 0 Å². The molecule has 0 aliphatic heterocycles. The lowest BCUT2D eigenvalue weighted by Gasteiger charge is -1.91. The van der Waals surface area contributed by atoms with Gasteiger partial charge >= 0.3 is 5.88 Å². The number of H-pyrrole nitrogens is 1. The van der Waals surface area contributed by atoms with Gasteiger partial charge < -0.3 is 4.74 Å². The van der Waals surface area contributed by atoms with Crippen molar-refractivity contribution in [2.45, 2.75) is 6.92 Å². The fourth-order valence-electron chi connectivity index (χ4n) is 0.757. The van der Waals surface area contributed by atoms with E-state index in [0.29, 0.717) is 11.4 Å². The normalized spacial score (nSPS) is 9.27. The number of methoxy groups -OCH3 is 1. The summed E-state index contributed by atoms with van der Waals surface area (Å²) in [6.45, 7) is 1.52. The summed E-state index contributed by atoms with van der Waals surface area (Å²) in [5, 5.41) is 0. The van der Waals surface area contributed by atoms with Crippen molar-refractivity contribution in [2.75, 3.05) is 7.11 Å². The zero-order valence-electron chi connectivity index (χ0n) is 6.55. The Morgan fingerprint density at radius 2 is 2.27 bits per heavy atom. The predicted octanol–water partition coefficient (Wildman–Crippen LogP) is 0.712. The molecule has 0 atom stereocenters. The summed E-state index contributed by atoms with van der Waals surface area (Å²) in [5.41, 5.74) is 0.658. The smallest absolute Gasteiger partial charge is 0.365 e. The summed E-state index contributed by atoms with van der Waals surface area (Å²) in [6, 6.07) is 3.44. The number of ketones is 1. The molecule has 0 saturated carbocycles. The molecular formula is C8H10NO2+. The highest BCUT2D eigenvalue weighted by Crippen LogP contribution is 2.01. The molecule has 1 N–H and O–H groups in total. The summed E-state index contributed by atoms with van der Waals surface area (Å²) in [4.78, 5) is 13.6. The van der Waals surface area contributed by atoms with Crippen LogP contribution in [0.2, 0.25) is 0 Å². The van der Waals surface area contributed by atoms with Gasteiger partial charge in [0.05, 0.1) is 18.7 Å². The van der Waals surface area contributed by atoms with Crippen LogP contribution in [0.5, 0.6) is 5.88 Å². The Morgan fingerprint density at radius 3 is 2.64 bits per heavy atom. The first-order chi connectivity index (χ1) is 5.24. The van der Waals surface area contributed by atoms with E-state index in [0.717, 1.165) is 0 Å². The Morgan fingerprint density at radius 1 is 1.55 bits per heavy atom. The van der Waals surface area contributed by atoms with E-state index >= 15 is 0 Å². The number of aromatic nitrogens is 1. The van der Waals surface area contributed by atoms with E-state index < -0.39 is 0 Å². The average molecular weight is 152 g/mol. The second-order valence-corrected chi connectivity index (χ2v) is 2.20. The van der Waals surface area contributed by atoms with Crippen molar-refractivity contribution in [3.63, 3.8) is 0 Å². The van der Waals surface area contributed by atoms with Crippen LogP contribution in [0.15, 0.2) is 18.3 Å². The summed E-state index contributed by atoms with van der Waals surface area (Å²) >= 11 is 0. The topological polar surface area (TPSA) is 40.4 Å². The molecule has 1 aromatic rings. The Labute approximate surface area is 65.0 Å². The van der Waals surface area contributed by atoms with Gasteiger partial charge in [0.15, 0.2) is 12.0 Å². The quantitative estimate of drug-likeness (QED) is 0.585. The summed E-state index contributed by atoms with van der Waals surface area (Å²) in [7, 11) is 1.57. The molecule has 3 heteroatoms. The number of hydrogen-bond donors (Lipinski definition) is 0. The highest BCUT2D eigenvalue weighted by atomic mass is 16.5. The van der Waals surface area contributed by atoms with E-state index in [1.807, 2.05) is 0 Å². The Hall–Kier alpha value is -1.38. The maximum atomic E-state index is 10.8. The van der Waals surface area contributed by atoms with Gasteiger partial charge in [0.1, 0.15) is 0 Å². The highest BCUT2D eigenvalue weighted by Gasteiger charge is 2.03. The van der Waals surface area contributed by atoms with Gasteiger partial charge in [0.25, 0.3) is 0 Å². The zero-order chi connectivity index (χ0) is 8.27. The van der Waals surface area contributed by atoms with Crippen LogP contribution in [0.3, 0.4) is 0 Å². The SMILES string of the molecule is COc1ccc(C(C)=O)c[nH+]1. The standard InChI is InChI=1S/C8H9NO2/c1-6(10)7-3-4-8(11-2)9-5-7/h3-5H,1-2H3/p+1. The van der Waals surface area contributed by atoms with Crippen molar-refractivity contribution < 1.29 is 14.5 Å². The van der Waals surface area contributed by atoms with E-state index in [1.165, 1.54) is 6.92 Å². The van der Waals surface area contributed by atoms with Crippen molar-refractivity contribution in [2.24, 2.45) is 0 Å². The lowest BCUT2D eigenvalue weighted by molar-refractivity contribution is -0.393. The maximum absolute atomic E-state index is 10.8. The van der Waals surface area contributed by atoms with Gasteiger partial charge in [-0.3, -0.25) is 4.79 Å². The van der Waals surface area contributed by atoms with Crippen LogP contribution in [-0.4, -0.2) is 12.9 Å². The Kier molecular flexibility index (Phi) is 2.21. The van der Waals surface area contributed by atoms with Gasteiger partial charge in [-0.25, -0.2) is 0 Å². The first-order valence-corrected chi connectivity index (χ1v) is 3.30. The first-order valence-electron chi connectivity index (χ1n) is 3.30. The van der Waals surface area contributed by atoms with E-state index in [1.54, 1.807) is 25.4 Å². The molecule has 11 heavy (non-hydrogen) atoms. The van der Waals surface area contributed by atoms with Gasteiger partial charge in [-0.2, -0.15) is 4.98 Å². The van der Waals surface area contributed by atoms with Gasteiger partial charge in [0, 0.05) is 0 Å². The minimum Gasteiger partial charge on any atom is -0.448 e. The molecule has 0 saturated heterocycles. The van der Waals surface area contributed by atoms with Crippen molar-refractivity contribution in [3.8, 4) is 5.88 Å². The molecule has 58 valence electrons. The molecule has 1 rings (SSSR count). The molecule has 3 nitrogen and oxygen atoms in total. The number of pyridine rings is 1. The van der Waals surface area contributed by atoms with Crippen LogP contribution >= 0.6 is 0 Å². The third-order valence-corrected chi connectivity index (χ3v) is 1.41. The first kappa shape index (κ1) is 7.72. The number of aromatic amines is 1. The molecule has 1 aromatic heterocycles. The lowest BCUT2D eigenvalue weighted by Crippen LogP contribution is -2.09. The van der Waals surface area contributed by atoms with E-state index in [-0.39, 0.29) is 5.78 Å². The van der Waals surface area contributed by atoms with Gasteiger partial charge in [0.2, 0.25) is 0 Å². The highest BCUT2D eigenvalue weighted by molar-refractivity contribution is 5.93. The number of ether oxygens (including phenoxy) is 1. The van der Waals surface area contributed by atoms with Crippen LogP contribution in [0, 0.1) is 0 Å². The van der Waals surface area contributed by atoms with Crippen molar-refractivity contribution in [3.05, 3.63) is 23.9 Å². The number of nitrogens with one attached hydrogen (secondary N) is 1. The van der Waals surface area contributed by atoms with E-state index in [4.69, 9.17) is 4.74 Å². The summed E-state index contributed by atoms with van der Waals surface area (Å²) in [5.74, 6) is 0.693. The minimum absolute atomic E-state index is 0.0453. The molecule has 0 aliphatic carbocycles. The third-order valence-electron chi connectivity index (χ3n) is 1.41. The van der Waals surface area contributed by atoms with Crippen molar-refractivity contribution in [1.29, 1.82) is 0 Å². The van der Waals surface area contributed by atoms with Crippen LogP contribution in [0.1, 0.15) is 17.3 Å². The van der Waals surface area contributed by atoms with Crippen LogP contribution in [-0.2, 0) is 0 Å². The molecule has 0 aliphatic rings. The summed E-state index contributed by atoms with van der Waals surface area (Å²) < 4.78 is 4.88. The fraction of sp³-hybridized carbons (Fsp3) is 0.250. The molecule has 0 amide bonds. The van der Waals surface area contributed by atoms with Gasteiger partial charge in [-0.1, -0.05) is 0 Å². The number of rotatable bonds is 2. The van der Waals surface area contributed by atoms with Crippen LogP contribution < -0.4 is 9.72 Å². The molecule has 0 bridgehead atoms. The maximum Gasteiger partial charge on any atom is 0.365 e. The van der Waals surface area contributed by atoms with E-state index in [9.17, 15) is 4.79 Å². The lowest BCUT2D eigenvalue weighted by atomic mass is 10.2. The molecular weight excluding hydrogens is 142 g/mol. The second-order valence-electron chi connectivity index (χ2n) is 2.20. The number of carbonyl (C=O) groups excluding carboxylic acids is 1. The number of carbonyl (C=O) groups is 1. The molecule has 0 radical (unpaired) electrons. The second kappa shape index (κ2) is 3.14. The largest absolute Gasteiger partial charge is 0.448 e. The number of hydrogen-bond acceptors (Lipinski definition) is 2. The molecule has 0 fully saturated rings. The van der Waals surface area contributed by atoms with Crippen molar-refractivity contribution in [1.82, 2.24) is 0 Å². The minimum atomic E-state index is 0.0453. The van der Waals surface area contributed by atoms with Crippen molar-refractivity contribution >= 4 is 5.78 Å². The fourth-order valence-corrected chi connectivity index (χ4v) is 0.757. The molecule has 0 aromatic carbocycles. The molecule has 0 unspecified atom stereocenters. The average Bonchev–Trinajstić information content (AvgIpc) is 2.05. The van der Waals surface area contributed by atoms with E-state index in [2.05, 4.69) is 4.98 Å². The molecule has 1 heterocycles. The molecule has 0 spiro atoms. The zero-order valence-corrected chi connectivity index (χ0v) is 6.55.